The number of aliphatic hydroxyl groups excluding tert-OH is 1. The summed E-state index contributed by atoms with van der Waals surface area (Å²) in [5, 5.41) is 29.3. The number of hydrogen-bond donors (Lipinski definition) is 4. The fourth-order valence-corrected chi connectivity index (χ4v) is 11.0. The molecule has 8 aromatic rings. The quantitative estimate of drug-likeness (QED) is 0.0953. The molecule has 4 N–H and O–H groups in total. The minimum atomic E-state index is -1.24. The van der Waals surface area contributed by atoms with E-state index in [9.17, 15) is 33.9 Å². The van der Waals surface area contributed by atoms with Crippen LogP contribution in [0.3, 0.4) is 0 Å². The second-order valence-corrected chi connectivity index (χ2v) is 20.3. The molecule has 0 saturated carbocycles. The van der Waals surface area contributed by atoms with Crippen molar-refractivity contribution >= 4 is 0 Å². The van der Waals surface area contributed by atoms with Gasteiger partial charge >= 0.3 is 17.1 Å². The summed E-state index contributed by atoms with van der Waals surface area (Å²) in [5.74, 6) is 1.30. The zero-order chi connectivity index (χ0) is 56.0. The van der Waals surface area contributed by atoms with Crippen LogP contribution in [0.25, 0.3) is 0 Å². The van der Waals surface area contributed by atoms with Gasteiger partial charge in [0.25, 0.3) is 16.7 Å². The Kier molecular flexibility index (Phi) is 14.6. The summed E-state index contributed by atoms with van der Waals surface area (Å²) < 4.78 is 45.3. The van der Waals surface area contributed by atoms with E-state index in [0.717, 1.165) is 16.7 Å². The summed E-state index contributed by atoms with van der Waals surface area (Å²) in [6.45, 7) is 4.71. The predicted molar refractivity (Wildman–Crippen MR) is 284 cm³/mol. The lowest BCUT2D eigenvalue weighted by Crippen LogP contribution is -2.37. The Bertz CT molecular complexity index is 3850. The molecular weight excluding hydrogens is 1040 g/mol. The zero-order valence-corrected chi connectivity index (χ0v) is 44.2. The summed E-state index contributed by atoms with van der Waals surface area (Å²) in [6.07, 6.45) is 2.75. The van der Waals surface area contributed by atoms with E-state index in [1.54, 1.807) is 56.7 Å². The molecule has 0 amide bonds. The van der Waals surface area contributed by atoms with Gasteiger partial charge in [-0.2, -0.15) is 0 Å². The number of nitrogens with zero attached hydrogens (tertiary/aromatic N) is 9. The fourth-order valence-electron chi connectivity index (χ4n) is 11.0. The number of aromatic amines is 3. The van der Waals surface area contributed by atoms with Crippen molar-refractivity contribution in [1.82, 2.24) is 58.6 Å². The number of H-pyrrole nitrogens is 3. The third kappa shape index (κ3) is 10.3. The predicted octanol–water partition coefficient (Wildman–Crippen LogP) is 2.56. The molecule has 9 atom stereocenters. The number of benzene rings is 3. The molecule has 0 aliphatic carbocycles. The number of nitrogens with one attached hydrogen (secondary N) is 3. The van der Waals surface area contributed by atoms with E-state index >= 15 is 0 Å². The van der Waals surface area contributed by atoms with Crippen LogP contribution in [0.15, 0.2) is 139 Å². The van der Waals surface area contributed by atoms with Crippen LogP contribution < -0.4 is 43.2 Å². The molecule has 3 aliphatic rings. The first-order valence-corrected chi connectivity index (χ1v) is 26.0. The van der Waals surface area contributed by atoms with Gasteiger partial charge in [-0.1, -0.05) is 65.0 Å². The first kappa shape index (κ1) is 53.4. The van der Waals surface area contributed by atoms with Crippen molar-refractivity contribution in [2.24, 2.45) is 0 Å². The summed E-state index contributed by atoms with van der Waals surface area (Å²) in [4.78, 5) is 83.5. The third-order valence-electron chi connectivity index (χ3n) is 15.2. The molecule has 11 rings (SSSR count). The van der Waals surface area contributed by atoms with E-state index < -0.39 is 94.5 Å². The zero-order valence-electron chi connectivity index (χ0n) is 44.2. The van der Waals surface area contributed by atoms with Gasteiger partial charge in [-0.3, -0.25) is 43.0 Å². The van der Waals surface area contributed by atoms with Gasteiger partial charge < -0.3 is 33.5 Å². The van der Waals surface area contributed by atoms with E-state index in [1.165, 1.54) is 32.3 Å². The molecule has 8 heterocycles. The lowest BCUT2D eigenvalue weighted by Gasteiger charge is -2.37. The topological polar surface area (TPSA) is 302 Å². The highest BCUT2D eigenvalue weighted by Gasteiger charge is 2.45. The monoisotopic (exact) mass is 1090 g/mol. The number of ether oxygens (including phenoxy) is 6. The van der Waals surface area contributed by atoms with Crippen molar-refractivity contribution in [3.63, 3.8) is 0 Å². The Balaban J connectivity index is 0.906. The van der Waals surface area contributed by atoms with Crippen LogP contribution in [0.5, 0.6) is 11.5 Å². The number of aromatic nitrogens is 12. The molecule has 3 aromatic carbocycles. The molecule has 3 aliphatic heterocycles. The minimum Gasteiger partial charge on any atom is -0.497 e. The van der Waals surface area contributed by atoms with Gasteiger partial charge in [0.15, 0.2) is 0 Å². The molecule has 25 nitrogen and oxygen atoms in total. The number of aryl methyl sites for hydroxylation is 3. The Morgan fingerprint density at radius 3 is 1.40 bits per heavy atom. The van der Waals surface area contributed by atoms with E-state index in [-0.39, 0.29) is 38.7 Å². The molecule has 0 radical (unpaired) electrons. The summed E-state index contributed by atoms with van der Waals surface area (Å²) in [7, 11) is 3.20. The molecule has 5 aromatic heterocycles. The lowest BCUT2D eigenvalue weighted by atomic mass is 9.80. The van der Waals surface area contributed by atoms with Gasteiger partial charge in [-0.15, -0.1) is 10.2 Å². The number of rotatable bonds is 17. The number of methoxy groups -OCH3 is 2. The first-order valence-electron chi connectivity index (χ1n) is 26.0. The second kappa shape index (κ2) is 21.9. The maximum absolute atomic E-state index is 13.5. The van der Waals surface area contributed by atoms with Crippen LogP contribution in [0.1, 0.15) is 94.8 Å². The van der Waals surface area contributed by atoms with Crippen molar-refractivity contribution in [3.8, 4) is 11.5 Å². The van der Waals surface area contributed by atoms with Crippen LogP contribution in [0.4, 0.5) is 0 Å². The molecular formula is C55H58N12O13. The van der Waals surface area contributed by atoms with Crippen LogP contribution in [-0.4, -0.2) is 109 Å². The Labute approximate surface area is 453 Å². The molecule has 0 spiro atoms. The number of hydrogen-bond acceptors (Lipinski definition) is 17. The summed E-state index contributed by atoms with van der Waals surface area (Å²) in [5.41, 5.74) is -0.503. The van der Waals surface area contributed by atoms with Gasteiger partial charge in [0.05, 0.1) is 62.6 Å². The third-order valence-corrected chi connectivity index (χ3v) is 15.2. The lowest BCUT2D eigenvalue weighted by molar-refractivity contribution is -0.0843. The SMILES string of the molecule is COc1ccc(C(OC[C@H]2O[C@@H](n3cc(C)c(=O)[nH]c3=O)C[C@@H]2n2cc(C[C@H]3O[C@@H](n4cc(C)c(=O)[nH]c4=O)C[C@@H]3n3cc(C[C@H]4O[C@@H](n5cc(C)c(=O)[nH]c5=O)C[C@H]4O)nn3)nn2)(c2ccccc2)c2ccc(OC)cc2)cc1. The van der Waals surface area contributed by atoms with E-state index in [4.69, 9.17) is 28.4 Å². The van der Waals surface area contributed by atoms with Gasteiger partial charge in [-0.25, -0.2) is 23.7 Å². The van der Waals surface area contributed by atoms with Crippen molar-refractivity contribution < 1.29 is 33.5 Å². The van der Waals surface area contributed by atoms with E-state index in [1.807, 2.05) is 78.9 Å². The average molecular weight is 1100 g/mol. The van der Waals surface area contributed by atoms with Crippen molar-refractivity contribution in [1.29, 1.82) is 0 Å². The standard InChI is InChI=1S/C55H58N12O13/c1-30-24-63(52(72)56-49(30)69)46-21-40(66-28-37(60-61-66)20-44-42(68)23-48(79-44)65-26-32(3)51(71)58-54(65)74)43(78-46)19-36-27-67(62-59-36)41-22-47(64-25-31(2)50(70)57-53(64)73)80-45(41)29-77-55(33-9-7-6-8-10-33,34-11-15-38(75-4)16-12-34)35-13-17-39(76-5)18-14-35/h6-18,24-28,40-48,68H,19-23,29H2,1-5H3,(H,56,69,72)(H,57,70,73)(H,58,71,74)/t40-,41-,42+,43+,44+,45+,46+,47+,48+/m0/s1. The van der Waals surface area contributed by atoms with Crippen LogP contribution in [-0.2, 0) is 37.4 Å². The van der Waals surface area contributed by atoms with Crippen molar-refractivity contribution in [2.45, 2.75) is 114 Å². The highest BCUT2D eigenvalue weighted by molar-refractivity contribution is 5.50. The number of aliphatic hydroxyl groups is 1. The molecule has 0 unspecified atom stereocenters. The van der Waals surface area contributed by atoms with E-state index in [2.05, 4.69) is 35.6 Å². The Morgan fingerprint density at radius 2 is 0.938 bits per heavy atom. The first-order chi connectivity index (χ1) is 38.6. The molecule has 416 valence electrons. The fraction of sp³-hybridized carbons (Fsp3) is 0.382. The molecule has 25 heteroatoms. The average Bonchev–Trinajstić information content (AvgIpc) is 4.38. The van der Waals surface area contributed by atoms with Crippen molar-refractivity contribution in [3.05, 3.63) is 217 Å². The maximum atomic E-state index is 13.5. The second-order valence-electron chi connectivity index (χ2n) is 20.3. The summed E-state index contributed by atoms with van der Waals surface area (Å²) >= 11 is 0. The highest BCUT2D eigenvalue weighted by Crippen LogP contribution is 2.45. The van der Waals surface area contributed by atoms with Gasteiger partial charge in [0.1, 0.15) is 41.9 Å². The van der Waals surface area contributed by atoms with Gasteiger partial charge in [-0.05, 0) is 61.7 Å². The van der Waals surface area contributed by atoms with Crippen LogP contribution >= 0.6 is 0 Å². The van der Waals surface area contributed by atoms with Gasteiger partial charge in [0.2, 0.25) is 0 Å². The smallest absolute Gasteiger partial charge is 0.330 e. The van der Waals surface area contributed by atoms with Crippen molar-refractivity contribution in [2.75, 3.05) is 20.8 Å². The largest absolute Gasteiger partial charge is 0.497 e. The summed E-state index contributed by atoms with van der Waals surface area (Å²) in [6, 6.07) is 23.9. The van der Waals surface area contributed by atoms with Crippen LogP contribution in [0.2, 0.25) is 0 Å². The molecule has 3 fully saturated rings. The molecule has 3 saturated heterocycles. The normalized spacial score (nSPS) is 22.9. The van der Waals surface area contributed by atoms with E-state index in [0.29, 0.717) is 39.6 Å². The minimum absolute atomic E-state index is 0.0489. The molecule has 0 bridgehead atoms. The molecule has 80 heavy (non-hydrogen) atoms. The Hall–Kier alpha value is -8.62. The van der Waals surface area contributed by atoms with Gasteiger partial charge in [0, 0.05) is 79.8 Å². The Morgan fingerprint density at radius 1 is 0.537 bits per heavy atom. The van der Waals surface area contributed by atoms with Crippen LogP contribution in [0, 0.1) is 20.8 Å². The highest BCUT2D eigenvalue weighted by atomic mass is 16.6. The maximum Gasteiger partial charge on any atom is 0.330 e.